The van der Waals surface area contributed by atoms with Crippen LogP contribution in [0.25, 0.3) is 0 Å². The normalized spacial score (nSPS) is 17.9. The molecule has 2 rings (SSSR count). The third-order valence-electron chi connectivity index (χ3n) is 2.83. The van der Waals surface area contributed by atoms with Crippen LogP contribution in [0.4, 0.5) is 11.4 Å². The van der Waals surface area contributed by atoms with Gasteiger partial charge >= 0.3 is 0 Å². The molecule has 1 aliphatic heterocycles. The molecular formula is C12H13N3O3S. The number of hydrogen-bond acceptors (Lipinski definition) is 5. The lowest BCUT2D eigenvalue weighted by Crippen LogP contribution is -2.40. The zero-order valence-corrected chi connectivity index (χ0v) is 11.1. The third kappa shape index (κ3) is 3.23. The molecule has 2 N–H and O–H groups in total. The summed E-state index contributed by atoms with van der Waals surface area (Å²) in [5, 5.41) is 14.5. The van der Waals surface area contributed by atoms with Gasteiger partial charge in [-0.25, -0.2) is 8.42 Å². The average molecular weight is 279 g/mol. The summed E-state index contributed by atoms with van der Waals surface area (Å²) in [6, 6.07) is 6.29. The maximum absolute atomic E-state index is 11.8. The van der Waals surface area contributed by atoms with Crippen LogP contribution < -0.4 is 10.6 Å². The highest BCUT2D eigenvalue weighted by molar-refractivity contribution is 7.90. The summed E-state index contributed by atoms with van der Waals surface area (Å²) in [7, 11) is -3.11. The van der Waals surface area contributed by atoms with E-state index in [1.165, 1.54) is 0 Å². The smallest absolute Gasteiger partial charge is 0.246 e. The second-order valence-corrected chi connectivity index (χ2v) is 6.74. The Bertz CT molecular complexity index is 661. The van der Waals surface area contributed by atoms with Gasteiger partial charge in [0, 0.05) is 6.26 Å². The summed E-state index contributed by atoms with van der Waals surface area (Å²) in [5.41, 5.74) is 1.71. The first-order valence-electron chi connectivity index (χ1n) is 5.68. The van der Waals surface area contributed by atoms with Crippen LogP contribution in [0.1, 0.15) is 12.0 Å². The Morgan fingerprint density at radius 3 is 2.74 bits per heavy atom. The molecule has 0 saturated carbocycles. The average Bonchev–Trinajstić information content (AvgIpc) is 2.34. The highest BCUT2D eigenvalue weighted by Crippen LogP contribution is 2.28. The number of nitriles is 1. The fraction of sp³-hybridized carbons (Fsp3) is 0.333. The van der Waals surface area contributed by atoms with Gasteiger partial charge in [-0.1, -0.05) is 0 Å². The molecular weight excluding hydrogens is 266 g/mol. The number of rotatable bonds is 3. The van der Waals surface area contributed by atoms with E-state index in [9.17, 15) is 13.2 Å². The number of nitrogens with one attached hydrogen (secondary N) is 2. The van der Waals surface area contributed by atoms with E-state index in [1.807, 2.05) is 6.07 Å². The van der Waals surface area contributed by atoms with E-state index in [4.69, 9.17) is 5.26 Å². The van der Waals surface area contributed by atoms with Gasteiger partial charge < -0.3 is 10.6 Å². The molecule has 1 unspecified atom stereocenters. The number of amides is 1. The van der Waals surface area contributed by atoms with Crippen molar-refractivity contribution in [3.8, 4) is 6.07 Å². The number of hydrogen-bond donors (Lipinski definition) is 2. The minimum absolute atomic E-state index is 0.0641. The summed E-state index contributed by atoms with van der Waals surface area (Å²) < 4.78 is 22.2. The Balaban J connectivity index is 2.18. The van der Waals surface area contributed by atoms with E-state index >= 15 is 0 Å². The number of sulfone groups is 1. The number of nitrogens with zero attached hydrogens (tertiary/aromatic N) is 1. The second-order valence-electron chi connectivity index (χ2n) is 4.48. The molecule has 0 saturated heterocycles. The van der Waals surface area contributed by atoms with Crippen molar-refractivity contribution in [2.75, 3.05) is 22.6 Å². The first-order valence-corrected chi connectivity index (χ1v) is 7.74. The number of carbonyl (C=O) groups excluding carboxylic acids is 1. The lowest BCUT2D eigenvalue weighted by molar-refractivity contribution is -0.117. The van der Waals surface area contributed by atoms with E-state index in [-0.39, 0.29) is 18.1 Å². The zero-order valence-electron chi connectivity index (χ0n) is 10.3. The molecule has 0 fully saturated rings. The third-order valence-corrected chi connectivity index (χ3v) is 3.81. The molecule has 0 radical (unpaired) electrons. The van der Waals surface area contributed by atoms with Crippen LogP contribution in [0, 0.1) is 11.3 Å². The Morgan fingerprint density at radius 1 is 1.37 bits per heavy atom. The van der Waals surface area contributed by atoms with Crippen LogP contribution >= 0.6 is 0 Å². The Hall–Kier alpha value is -2.07. The second kappa shape index (κ2) is 4.90. The fourth-order valence-electron chi connectivity index (χ4n) is 1.85. The molecule has 19 heavy (non-hydrogen) atoms. The molecule has 6 nitrogen and oxygen atoms in total. The summed E-state index contributed by atoms with van der Waals surface area (Å²) in [4.78, 5) is 11.8. The SMILES string of the molecule is CS(=O)(=O)CCC1Nc2cc(C#N)ccc2NC1=O. The molecule has 0 spiro atoms. The van der Waals surface area contributed by atoms with Crippen molar-refractivity contribution in [3.05, 3.63) is 23.8 Å². The molecule has 1 atom stereocenters. The van der Waals surface area contributed by atoms with Crippen molar-refractivity contribution >= 4 is 27.1 Å². The Kier molecular flexibility index (Phi) is 3.44. The van der Waals surface area contributed by atoms with Crippen LogP contribution in [0.3, 0.4) is 0 Å². The van der Waals surface area contributed by atoms with Crippen molar-refractivity contribution < 1.29 is 13.2 Å². The summed E-state index contributed by atoms with van der Waals surface area (Å²) in [5.74, 6) is -0.327. The molecule has 0 aromatic heterocycles. The Labute approximate surface area is 111 Å². The van der Waals surface area contributed by atoms with Crippen molar-refractivity contribution in [1.29, 1.82) is 5.26 Å². The van der Waals surface area contributed by atoms with Gasteiger partial charge in [-0.15, -0.1) is 0 Å². The van der Waals surface area contributed by atoms with Crippen molar-refractivity contribution in [2.24, 2.45) is 0 Å². The molecule has 7 heteroatoms. The van der Waals surface area contributed by atoms with Gasteiger partial charge in [0.25, 0.3) is 0 Å². The maximum atomic E-state index is 11.8. The predicted octanol–water partition coefficient (Wildman–Crippen LogP) is 0.726. The lowest BCUT2D eigenvalue weighted by atomic mass is 10.1. The number of anilines is 2. The zero-order chi connectivity index (χ0) is 14.0. The number of carbonyl (C=O) groups is 1. The number of benzene rings is 1. The van der Waals surface area contributed by atoms with Crippen LogP contribution in [-0.4, -0.2) is 32.4 Å². The highest BCUT2D eigenvalue weighted by Gasteiger charge is 2.26. The topological polar surface area (TPSA) is 99.1 Å². The summed E-state index contributed by atoms with van der Waals surface area (Å²) >= 11 is 0. The molecule has 1 amide bonds. The van der Waals surface area contributed by atoms with E-state index < -0.39 is 15.9 Å². The first kappa shape index (κ1) is 13.4. The van der Waals surface area contributed by atoms with Crippen molar-refractivity contribution in [3.63, 3.8) is 0 Å². The van der Waals surface area contributed by atoms with Crippen LogP contribution in [0.5, 0.6) is 0 Å². The number of fused-ring (bicyclic) bond motifs is 1. The van der Waals surface area contributed by atoms with E-state index in [0.29, 0.717) is 16.9 Å². The van der Waals surface area contributed by atoms with Gasteiger partial charge in [-0.05, 0) is 24.6 Å². The monoisotopic (exact) mass is 279 g/mol. The van der Waals surface area contributed by atoms with Gasteiger partial charge in [-0.3, -0.25) is 4.79 Å². The fourth-order valence-corrected chi connectivity index (χ4v) is 2.51. The van der Waals surface area contributed by atoms with Crippen LogP contribution in [-0.2, 0) is 14.6 Å². The maximum Gasteiger partial charge on any atom is 0.246 e. The van der Waals surface area contributed by atoms with E-state index in [1.54, 1.807) is 18.2 Å². The standard InChI is InChI=1S/C12H13N3O3S/c1-19(17,18)5-4-10-12(16)15-9-3-2-8(7-13)6-11(9)14-10/h2-3,6,10,14H,4-5H2,1H3,(H,15,16). The first-order chi connectivity index (χ1) is 8.89. The lowest BCUT2D eigenvalue weighted by Gasteiger charge is -2.26. The van der Waals surface area contributed by atoms with E-state index in [2.05, 4.69) is 10.6 Å². The molecule has 1 aromatic carbocycles. The minimum Gasteiger partial charge on any atom is -0.372 e. The van der Waals surface area contributed by atoms with Gasteiger partial charge in [0.15, 0.2) is 0 Å². The van der Waals surface area contributed by atoms with Crippen molar-refractivity contribution in [1.82, 2.24) is 0 Å². The van der Waals surface area contributed by atoms with Crippen LogP contribution in [0.2, 0.25) is 0 Å². The van der Waals surface area contributed by atoms with Gasteiger partial charge in [0.1, 0.15) is 15.9 Å². The largest absolute Gasteiger partial charge is 0.372 e. The molecule has 0 bridgehead atoms. The summed E-state index contributed by atoms with van der Waals surface area (Å²) in [6.07, 6.45) is 1.33. The Morgan fingerprint density at radius 2 is 2.11 bits per heavy atom. The minimum atomic E-state index is -3.11. The van der Waals surface area contributed by atoms with Gasteiger partial charge in [0.2, 0.25) is 5.91 Å². The highest BCUT2D eigenvalue weighted by atomic mass is 32.2. The van der Waals surface area contributed by atoms with Gasteiger partial charge in [0.05, 0.1) is 28.8 Å². The van der Waals surface area contributed by atoms with Crippen LogP contribution in [0.15, 0.2) is 18.2 Å². The molecule has 1 aliphatic rings. The summed E-state index contributed by atoms with van der Waals surface area (Å²) in [6.45, 7) is 0. The quantitative estimate of drug-likeness (QED) is 0.849. The van der Waals surface area contributed by atoms with Gasteiger partial charge in [-0.2, -0.15) is 5.26 Å². The molecule has 0 aliphatic carbocycles. The molecule has 1 aromatic rings. The molecule has 1 heterocycles. The van der Waals surface area contributed by atoms with E-state index in [0.717, 1.165) is 6.26 Å². The molecule has 100 valence electrons. The van der Waals surface area contributed by atoms with Crippen molar-refractivity contribution in [2.45, 2.75) is 12.5 Å². The predicted molar refractivity (Wildman–Crippen MR) is 71.5 cm³/mol.